The van der Waals surface area contributed by atoms with Crippen molar-refractivity contribution < 1.29 is 19.8 Å². The molecule has 0 aromatic heterocycles. The van der Waals surface area contributed by atoms with E-state index in [0.717, 1.165) is 12.8 Å². The van der Waals surface area contributed by atoms with Crippen LogP contribution in [-0.2, 0) is 0 Å². The van der Waals surface area contributed by atoms with E-state index in [0.29, 0.717) is 12.2 Å². The molecule has 0 bridgehead atoms. The van der Waals surface area contributed by atoms with Gasteiger partial charge < -0.3 is 15.5 Å². The molecule has 0 spiro atoms. The van der Waals surface area contributed by atoms with Gasteiger partial charge in [-0.2, -0.15) is 0 Å². The molecule has 0 aliphatic rings. The van der Waals surface area contributed by atoms with Gasteiger partial charge in [0.15, 0.2) is 0 Å². The fourth-order valence-electron chi connectivity index (χ4n) is 1.96. The van der Waals surface area contributed by atoms with Crippen LogP contribution in [0.5, 0.6) is 0 Å². The monoisotopic (exact) mass is 279 g/mol. The van der Waals surface area contributed by atoms with Gasteiger partial charge in [-0.3, -0.25) is 0 Å². The van der Waals surface area contributed by atoms with Crippen molar-refractivity contribution in [2.24, 2.45) is 0 Å². The topological polar surface area (TPSA) is 86.6 Å². The van der Waals surface area contributed by atoms with E-state index in [4.69, 9.17) is 10.2 Å². The number of carbonyl (C=O) groups is 2. The van der Waals surface area contributed by atoms with Crippen molar-refractivity contribution >= 4 is 17.6 Å². The van der Waals surface area contributed by atoms with Gasteiger partial charge in [0.05, 0.1) is 11.1 Å². The van der Waals surface area contributed by atoms with Crippen molar-refractivity contribution in [2.45, 2.75) is 39.0 Å². The zero-order valence-electron chi connectivity index (χ0n) is 11.7. The third-order valence-electron chi connectivity index (χ3n) is 3.09. The van der Waals surface area contributed by atoms with E-state index >= 15 is 0 Å². The van der Waals surface area contributed by atoms with Gasteiger partial charge in [0.25, 0.3) is 0 Å². The van der Waals surface area contributed by atoms with E-state index in [-0.39, 0.29) is 11.1 Å². The Balaban J connectivity index is 2.63. The Hall–Kier alpha value is -2.04. The third-order valence-corrected chi connectivity index (χ3v) is 3.09. The fraction of sp³-hybridized carbons (Fsp3) is 0.467. The van der Waals surface area contributed by atoms with Crippen molar-refractivity contribution in [3.8, 4) is 0 Å². The summed E-state index contributed by atoms with van der Waals surface area (Å²) in [5.41, 5.74) is 0.555. The molecule has 5 heteroatoms. The molecule has 110 valence electrons. The first-order valence-corrected chi connectivity index (χ1v) is 6.90. The fourth-order valence-corrected chi connectivity index (χ4v) is 1.96. The minimum atomic E-state index is -1.06. The average Bonchev–Trinajstić information content (AvgIpc) is 2.42. The van der Waals surface area contributed by atoms with Crippen LogP contribution in [0.3, 0.4) is 0 Å². The lowest BCUT2D eigenvalue weighted by Gasteiger charge is -2.10. The standard InChI is InChI=1S/C15H21NO4/c1-2-3-4-5-6-9-16-13-10-11(14(17)18)7-8-12(13)15(19)20/h7-8,10,16H,2-6,9H2,1H3,(H,17,18)(H,19,20). The highest BCUT2D eigenvalue weighted by Gasteiger charge is 2.12. The lowest BCUT2D eigenvalue weighted by molar-refractivity contribution is 0.0682. The Bertz CT molecular complexity index is 471. The van der Waals surface area contributed by atoms with Gasteiger partial charge in [-0.1, -0.05) is 32.6 Å². The van der Waals surface area contributed by atoms with Crippen LogP contribution < -0.4 is 5.32 Å². The lowest BCUT2D eigenvalue weighted by atomic mass is 10.1. The molecule has 0 saturated carbocycles. The smallest absolute Gasteiger partial charge is 0.337 e. The number of anilines is 1. The van der Waals surface area contributed by atoms with Crippen molar-refractivity contribution in [3.63, 3.8) is 0 Å². The molecular formula is C15H21NO4. The first-order valence-electron chi connectivity index (χ1n) is 6.90. The summed E-state index contributed by atoms with van der Waals surface area (Å²) in [7, 11) is 0. The SMILES string of the molecule is CCCCCCCNc1cc(C(=O)O)ccc1C(=O)O. The number of aromatic carboxylic acids is 2. The molecule has 5 nitrogen and oxygen atoms in total. The van der Waals surface area contributed by atoms with Crippen molar-refractivity contribution in [1.29, 1.82) is 0 Å². The molecule has 0 fully saturated rings. The summed E-state index contributed by atoms with van der Waals surface area (Å²) in [5.74, 6) is -2.12. The molecule has 0 aliphatic carbocycles. The zero-order chi connectivity index (χ0) is 15.0. The van der Waals surface area contributed by atoms with Gasteiger partial charge in [0.1, 0.15) is 0 Å². The highest BCUT2D eigenvalue weighted by atomic mass is 16.4. The van der Waals surface area contributed by atoms with Gasteiger partial charge in [0.2, 0.25) is 0 Å². The van der Waals surface area contributed by atoms with Crippen LogP contribution in [0, 0.1) is 0 Å². The second-order valence-corrected chi connectivity index (χ2v) is 4.71. The number of rotatable bonds is 9. The summed E-state index contributed by atoms with van der Waals surface area (Å²) < 4.78 is 0. The third kappa shape index (κ3) is 4.91. The summed E-state index contributed by atoms with van der Waals surface area (Å²) >= 11 is 0. The van der Waals surface area contributed by atoms with Crippen LogP contribution in [-0.4, -0.2) is 28.7 Å². The predicted octanol–water partition coefficient (Wildman–Crippen LogP) is 3.47. The maximum absolute atomic E-state index is 11.1. The first kappa shape index (κ1) is 16.0. The normalized spacial score (nSPS) is 10.2. The number of hydrogen-bond acceptors (Lipinski definition) is 3. The van der Waals surface area contributed by atoms with Crippen LogP contribution in [0.2, 0.25) is 0 Å². The van der Waals surface area contributed by atoms with Crippen LogP contribution >= 0.6 is 0 Å². The molecule has 0 radical (unpaired) electrons. The van der Waals surface area contributed by atoms with Crippen LogP contribution in [0.1, 0.15) is 59.7 Å². The largest absolute Gasteiger partial charge is 0.478 e. The highest BCUT2D eigenvalue weighted by Crippen LogP contribution is 2.18. The number of unbranched alkanes of at least 4 members (excludes halogenated alkanes) is 4. The molecule has 0 saturated heterocycles. The van der Waals surface area contributed by atoms with Gasteiger partial charge in [-0.15, -0.1) is 0 Å². The number of benzene rings is 1. The van der Waals surface area contributed by atoms with Gasteiger partial charge in [0, 0.05) is 12.2 Å². The molecule has 1 aromatic carbocycles. The van der Waals surface area contributed by atoms with Gasteiger partial charge in [-0.25, -0.2) is 9.59 Å². The van der Waals surface area contributed by atoms with E-state index in [1.54, 1.807) is 0 Å². The van der Waals surface area contributed by atoms with E-state index in [2.05, 4.69) is 12.2 Å². The Labute approximate surface area is 118 Å². The minimum Gasteiger partial charge on any atom is -0.478 e. The van der Waals surface area contributed by atoms with Crippen LogP contribution in [0.4, 0.5) is 5.69 Å². The van der Waals surface area contributed by atoms with Gasteiger partial charge >= 0.3 is 11.9 Å². The average molecular weight is 279 g/mol. The number of carboxylic acid groups (broad SMARTS) is 2. The molecule has 0 amide bonds. The molecule has 20 heavy (non-hydrogen) atoms. The van der Waals surface area contributed by atoms with Crippen molar-refractivity contribution in [1.82, 2.24) is 0 Å². The number of hydrogen-bond donors (Lipinski definition) is 3. The molecule has 1 aromatic rings. The van der Waals surface area contributed by atoms with E-state index in [1.165, 1.54) is 37.5 Å². The summed E-state index contributed by atoms with van der Waals surface area (Å²) in [6.07, 6.45) is 5.57. The Kier molecular flexibility index (Phi) is 6.56. The van der Waals surface area contributed by atoms with Crippen LogP contribution in [0.25, 0.3) is 0 Å². The maximum Gasteiger partial charge on any atom is 0.337 e. The number of nitrogens with one attached hydrogen (secondary N) is 1. The molecule has 1 rings (SSSR count). The highest BCUT2D eigenvalue weighted by molar-refractivity contribution is 5.97. The summed E-state index contributed by atoms with van der Waals surface area (Å²) in [5, 5.41) is 21.0. The summed E-state index contributed by atoms with van der Waals surface area (Å²) in [6.45, 7) is 2.79. The molecule has 0 heterocycles. The maximum atomic E-state index is 11.1. The summed E-state index contributed by atoms with van der Waals surface area (Å²) in [4.78, 5) is 22.0. The van der Waals surface area contributed by atoms with E-state index in [1.807, 2.05) is 0 Å². The molecule has 0 aliphatic heterocycles. The predicted molar refractivity (Wildman–Crippen MR) is 77.6 cm³/mol. The Morgan fingerprint density at radius 2 is 1.75 bits per heavy atom. The Morgan fingerprint density at radius 1 is 1.05 bits per heavy atom. The second-order valence-electron chi connectivity index (χ2n) is 4.71. The van der Waals surface area contributed by atoms with E-state index < -0.39 is 11.9 Å². The summed E-state index contributed by atoms with van der Waals surface area (Å²) in [6, 6.07) is 4.00. The number of carboxylic acids is 2. The quantitative estimate of drug-likeness (QED) is 0.602. The molecule has 0 atom stereocenters. The van der Waals surface area contributed by atoms with Gasteiger partial charge in [-0.05, 0) is 24.6 Å². The molecular weight excluding hydrogens is 258 g/mol. The second kappa shape index (κ2) is 8.19. The first-order chi connectivity index (χ1) is 9.56. The van der Waals surface area contributed by atoms with Crippen LogP contribution in [0.15, 0.2) is 18.2 Å². The lowest BCUT2D eigenvalue weighted by Crippen LogP contribution is -2.09. The minimum absolute atomic E-state index is 0.0866. The van der Waals surface area contributed by atoms with Crippen molar-refractivity contribution in [2.75, 3.05) is 11.9 Å². The molecule has 3 N–H and O–H groups in total. The van der Waals surface area contributed by atoms with E-state index in [9.17, 15) is 9.59 Å². The van der Waals surface area contributed by atoms with Crippen molar-refractivity contribution in [3.05, 3.63) is 29.3 Å². The zero-order valence-corrected chi connectivity index (χ0v) is 11.7. The molecule has 0 unspecified atom stereocenters. The Morgan fingerprint density at radius 3 is 2.35 bits per heavy atom.